The minimum absolute atomic E-state index is 0.176. The Morgan fingerprint density at radius 2 is 0.728 bits per heavy atom. The summed E-state index contributed by atoms with van der Waals surface area (Å²) < 4.78 is 51.5. The Morgan fingerprint density at radius 3 is 1.28 bits per heavy atom. The van der Waals surface area contributed by atoms with Gasteiger partial charge in [0.25, 0.3) is 20.1 Å². The second kappa shape index (κ2) is 17.9. The normalized spacial score (nSPS) is 13.9. The Morgan fingerprint density at radius 1 is 0.304 bits per heavy atom. The van der Waals surface area contributed by atoms with Crippen molar-refractivity contribution in [3.05, 3.63) is 237 Å². The summed E-state index contributed by atoms with van der Waals surface area (Å²) in [4.78, 5) is 0. The quantitative estimate of drug-likeness (QED) is 0.136. The van der Waals surface area contributed by atoms with E-state index in [0.717, 1.165) is 217 Å². The van der Waals surface area contributed by atoms with Crippen LogP contribution in [0.15, 0.2) is 250 Å². The third kappa shape index (κ3) is 6.61. The number of hydrogen-bond acceptors (Lipinski definition) is 10. The van der Waals surface area contributed by atoms with Gasteiger partial charge in [0.1, 0.15) is 79.5 Å². The molecule has 0 atom stereocenters. The maximum atomic E-state index is 7.51. The zero-order valence-electron chi connectivity index (χ0n) is 49.0. The first-order valence-electron chi connectivity index (χ1n) is 31.1. The van der Waals surface area contributed by atoms with Gasteiger partial charge in [-0.15, -0.1) is 0 Å². The highest BCUT2D eigenvalue weighted by atomic mass is 32.2. The van der Waals surface area contributed by atoms with Crippen molar-refractivity contribution in [2.24, 2.45) is 0 Å². The monoisotopic (exact) mass is 1200 g/mol. The summed E-state index contributed by atoms with van der Waals surface area (Å²) in [5, 5.41) is 10.4. The molecule has 9 heterocycles. The molecule has 1 N–H and O–H groups in total. The first-order chi connectivity index (χ1) is 45.5. The van der Waals surface area contributed by atoms with E-state index in [1.807, 2.05) is 36.4 Å². The lowest BCUT2D eigenvalue weighted by molar-refractivity contribution is 0.465. The molecular weight excluding hydrogens is 1150 g/mol. The minimum Gasteiger partial charge on any atom is -0.458 e. The highest BCUT2D eigenvalue weighted by Crippen LogP contribution is 2.49. The van der Waals surface area contributed by atoms with Crippen molar-refractivity contribution >= 4 is 170 Å². The van der Waals surface area contributed by atoms with Crippen LogP contribution in [-0.4, -0.2) is 26.4 Å². The molecule has 3 aromatic heterocycles. The fraction of sp³-hybridized carbons (Fsp3) is 0.0127. The van der Waals surface area contributed by atoms with E-state index in [2.05, 4.69) is 216 Å². The maximum Gasteiger partial charge on any atom is 0.260 e. The highest BCUT2D eigenvalue weighted by molar-refractivity contribution is 8.00. The molecular formula is C79H43B3N2O7S. The number of anilines is 4. The van der Waals surface area contributed by atoms with Gasteiger partial charge in [-0.05, 0) is 139 Å². The van der Waals surface area contributed by atoms with Crippen LogP contribution in [0.1, 0.15) is 0 Å². The number of fused-ring (bicyclic) bond motifs is 21. The summed E-state index contributed by atoms with van der Waals surface area (Å²) >= 11 is 1.68. The van der Waals surface area contributed by atoms with E-state index in [1.165, 1.54) is 0 Å². The summed E-state index contributed by atoms with van der Waals surface area (Å²) in [6, 6.07) is 83.7. The van der Waals surface area contributed by atoms with Crippen LogP contribution in [0.25, 0.3) is 99.2 Å². The lowest BCUT2D eigenvalue weighted by Crippen LogP contribution is -2.64. The van der Waals surface area contributed by atoms with Crippen molar-refractivity contribution < 1.29 is 32.2 Å². The number of benzene rings is 13. The topological polar surface area (TPSA) is 91.6 Å². The van der Waals surface area contributed by atoms with Crippen LogP contribution in [0.4, 0.5) is 22.7 Å². The number of rotatable bonds is 4. The average Bonchev–Trinajstić information content (AvgIpc) is 0.933. The molecule has 16 aromatic rings. The fourth-order valence-corrected chi connectivity index (χ4v) is 17.0. The fourth-order valence-electron chi connectivity index (χ4n) is 16.3. The zero-order chi connectivity index (χ0) is 59.8. The summed E-state index contributed by atoms with van der Waals surface area (Å²) in [7, 11) is 0. The summed E-state index contributed by atoms with van der Waals surface area (Å²) in [6.45, 7) is -0.667. The molecule has 9 nitrogen and oxygen atoms in total. The number of furan rings is 3. The van der Waals surface area contributed by atoms with E-state index in [4.69, 9.17) is 32.2 Å². The Kier molecular flexibility index (Phi) is 9.65. The lowest BCUT2D eigenvalue weighted by atomic mass is 9.30. The Bertz CT molecular complexity index is 6070. The molecule has 0 amide bonds. The predicted molar refractivity (Wildman–Crippen MR) is 376 cm³/mol. The summed E-state index contributed by atoms with van der Waals surface area (Å²) in [6.07, 6.45) is 2.15. The summed E-state index contributed by atoms with van der Waals surface area (Å²) in [5.41, 5.74) is 24.7. The van der Waals surface area contributed by atoms with Gasteiger partial charge in [-0.1, -0.05) is 158 Å². The van der Waals surface area contributed by atoms with Gasteiger partial charge < -0.3 is 37.5 Å². The van der Waals surface area contributed by atoms with E-state index in [9.17, 15) is 0 Å². The van der Waals surface area contributed by atoms with Crippen molar-refractivity contribution in [1.29, 1.82) is 0 Å². The molecule has 0 aliphatic carbocycles. The van der Waals surface area contributed by atoms with Gasteiger partial charge in [-0.25, -0.2) is 0 Å². The molecule has 92 heavy (non-hydrogen) atoms. The molecule has 0 unspecified atom stereocenters. The van der Waals surface area contributed by atoms with Gasteiger partial charge >= 0.3 is 0 Å². The number of para-hydroxylation sites is 8. The van der Waals surface area contributed by atoms with Crippen LogP contribution in [0.2, 0.25) is 0 Å². The largest absolute Gasteiger partial charge is 0.458 e. The van der Waals surface area contributed by atoms with E-state index in [1.54, 1.807) is 11.9 Å². The molecule has 0 saturated heterocycles. The van der Waals surface area contributed by atoms with Crippen LogP contribution in [0.3, 0.4) is 0 Å². The van der Waals surface area contributed by atoms with Crippen LogP contribution in [-0.2, 0) is 0 Å². The third-order valence-corrected chi connectivity index (χ3v) is 21.0. The maximum absolute atomic E-state index is 7.51. The molecule has 0 fully saturated rings. The van der Waals surface area contributed by atoms with Crippen LogP contribution < -0.4 is 77.7 Å². The SMILES string of the molecule is CSN1c2cc3c(cc2B2c4ccccc4Oc4cc(-c5cccc6c5oc5ccccc56)cc1c42)B1c2cc4c(cc2Oc2cc(-c5cccc6c5oc5ccccc56)cc(c21)O3)Nc1cc(-c2cccc3c2oc2ccccc23)cc2c1B4c1ccccc1O2. The van der Waals surface area contributed by atoms with Crippen molar-refractivity contribution in [2.75, 3.05) is 15.9 Å². The second-order valence-electron chi connectivity index (χ2n) is 24.9. The molecule has 0 bridgehead atoms. The third-order valence-electron chi connectivity index (χ3n) is 20.2. The van der Waals surface area contributed by atoms with Crippen molar-refractivity contribution in [2.45, 2.75) is 0 Å². The summed E-state index contributed by atoms with van der Waals surface area (Å²) in [5.74, 6) is 6.27. The van der Waals surface area contributed by atoms with Gasteiger partial charge in [0, 0.05) is 84.2 Å². The number of nitrogens with one attached hydrogen (secondary N) is 1. The van der Waals surface area contributed by atoms with Gasteiger partial charge in [-0.2, -0.15) is 0 Å². The van der Waals surface area contributed by atoms with Gasteiger partial charge in [0.2, 0.25) is 0 Å². The van der Waals surface area contributed by atoms with Crippen LogP contribution >= 0.6 is 11.9 Å². The molecule has 6 aliphatic heterocycles. The van der Waals surface area contributed by atoms with Gasteiger partial charge in [0.15, 0.2) is 0 Å². The Balaban J connectivity index is 0.759. The lowest BCUT2D eigenvalue weighted by Gasteiger charge is -2.41. The first kappa shape index (κ1) is 49.5. The van der Waals surface area contributed by atoms with Crippen molar-refractivity contribution in [3.8, 4) is 79.4 Å². The van der Waals surface area contributed by atoms with E-state index in [-0.39, 0.29) is 20.1 Å². The van der Waals surface area contributed by atoms with E-state index in [0.29, 0.717) is 0 Å². The zero-order valence-corrected chi connectivity index (χ0v) is 49.8. The van der Waals surface area contributed by atoms with Gasteiger partial charge in [-0.3, -0.25) is 4.31 Å². The molecule has 0 saturated carbocycles. The first-order valence-corrected chi connectivity index (χ1v) is 32.3. The molecule has 13 aromatic carbocycles. The standard InChI is InChI=1S/C79H43B3N2O7S/c1-92-84-61-40-69-58(38-56(61)81-54-25-6-11-30-67(54)86-71-34-42(32-62(84)75(71)81)45-19-13-22-51-48-16-3-8-27-64(48)90-78(45)51)82-57-37-55-59(39-68(57)87-72-35-43(36-73(88-69)76(72)82)46-20-14-23-52-49-17-4-9-28-65(49)91-79(46)52)83-60-31-41(33-70-74(60)80(55)53-24-5-10-29-66(53)85-70)44-18-12-21-50-47-15-2-7-26-63(47)89-77(44)50/h2-40,83H,1H3. The Labute approximate surface area is 530 Å². The number of nitrogens with zero attached hydrogens (tertiary/aromatic N) is 1. The average molecular weight is 1200 g/mol. The molecule has 6 aliphatic rings. The molecule has 0 spiro atoms. The molecule has 22 rings (SSSR count). The Hall–Kier alpha value is -11.4. The smallest absolute Gasteiger partial charge is 0.260 e. The van der Waals surface area contributed by atoms with Crippen molar-refractivity contribution in [3.63, 3.8) is 0 Å². The molecule has 426 valence electrons. The second-order valence-corrected chi connectivity index (χ2v) is 25.6. The minimum atomic E-state index is -0.313. The van der Waals surface area contributed by atoms with Gasteiger partial charge in [0.05, 0.1) is 11.4 Å². The van der Waals surface area contributed by atoms with E-state index < -0.39 is 0 Å². The number of ether oxygens (including phenoxy) is 4. The van der Waals surface area contributed by atoms with Crippen LogP contribution in [0.5, 0.6) is 46.0 Å². The van der Waals surface area contributed by atoms with Crippen molar-refractivity contribution in [1.82, 2.24) is 0 Å². The predicted octanol–water partition coefficient (Wildman–Crippen LogP) is 15.1. The molecule has 0 radical (unpaired) electrons. The molecule has 13 heteroatoms. The highest BCUT2D eigenvalue weighted by Gasteiger charge is 2.48. The van der Waals surface area contributed by atoms with Crippen LogP contribution in [0, 0.1) is 0 Å². The number of hydrogen-bond donors (Lipinski definition) is 1. The van der Waals surface area contributed by atoms with E-state index >= 15 is 0 Å².